The van der Waals surface area contributed by atoms with Crippen molar-refractivity contribution in [2.75, 3.05) is 14.2 Å². The molecule has 0 bridgehead atoms. The Morgan fingerprint density at radius 2 is 2.06 bits per heavy atom. The van der Waals surface area contributed by atoms with Crippen LogP contribution in [0.5, 0.6) is 0 Å². The Morgan fingerprint density at radius 3 is 2.53 bits per heavy atom. The normalized spacial score (nSPS) is 11.8. The minimum Gasteiger partial charge on any atom is -0.288 e. The fourth-order valence-corrected chi connectivity index (χ4v) is 2.20. The molecule has 0 aliphatic carbocycles. The molecule has 0 spiro atoms. The second-order valence-electron chi connectivity index (χ2n) is 2.97. The molecule has 0 saturated carbocycles. The highest BCUT2D eigenvalue weighted by Gasteiger charge is 2.30. The van der Waals surface area contributed by atoms with Gasteiger partial charge in [-0.05, 0) is 12.1 Å². The lowest BCUT2D eigenvalue weighted by molar-refractivity contribution is -0.388. The summed E-state index contributed by atoms with van der Waals surface area (Å²) in [5.74, 6) is -0.893. The number of hydrogen-bond acceptors (Lipinski definition) is 5. The Morgan fingerprint density at radius 1 is 1.47 bits per heavy atom. The van der Waals surface area contributed by atoms with Gasteiger partial charge >= 0.3 is 0 Å². The van der Waals surface area contributed by atoms with Crippen LogP contribution < -0.4 is 0 Å². The molecule has 0 atom stereocenters. The van der Waals surface area contributed by atoms with E-state index in [2.05, 4.69) is 4.84 Å². The lowest BCUT2D eigenvalue weighted by Gasteiger charge is -2.13. The van der Waals surface area contributed by atoms with Crippen LogP contribution >= 0.6 is 0 Å². The number of hydrogen-bond donors (Lipinski definition) is 0. The topological polar surface area (TPSA) is 89.8 Å². The summed E-state index contributed by atoms with van der Waals surface area (Å²) in [4.78, 5) is 13.5. The minimum absolute atomic E-state index is 0.452. The summed E-state index contributed by atoms with van der Waals surface area (Å²) in [6, 6.07) is 2.18. The fraction of sp³-hybridized carbons (Fsp3) is 0.250. The van der Waals surface area contributed by atoms with Crippen LogP contribution in [0.25, 0.3) is 0 Å². The van der Waals surface area contributed by atoms with Crippen LogP contribution in [0.1, 0.15) is 0 Å². The van der Waals surface area contributed by atoms with Gasteiger partial charge in [-0.2, -0.15) is 0 Å². The summed E-state index contributed by atoms with van der Waals surface area (Å²) in [6.45, 7) is 0. The molecule has 0 aromatic heterocycles. The third kappa shape index (κ3) is 2.57. The molecule has 0 fully saturated rings. The maximum Gasteiger partial charge on any atom is 0.292 e. The van der Waals surface area contributed by atoms with Crippen LogP contribution in [0, 0.1) is 15.9 Å². The van der Waals surface area contributed by atoms with E-state index in [1.807, 2.05) is 0 Å². The number of sulfonamides is 1. The van der Waals surface area contributed by atoms with E-state index in [1.54, 1.807) is 0 Å². The van der Waals surface area contributed by atoms with Gasteiger partial charge in [0, 0.05) is 7.05 Å². The van der Waals surface area contributed by atoms with Gasteiger partial charge in [0.2, 0.25) is 0 Å². The Bertz CT molecular complexity index is 545. The molecule has 0 aliphatic rings. The van der Waals surface area contributed by atoms with Gasteiger partial charge in [-0.3, -0.25) is 15.0 Å². The van der Waals surface area contributed by atoms with E-state index >= 15 is 0 Å². The molecule has 1 aromatic rings. The van der Waals surface area contributed by atoms with E-state index in [0.717, 1.165) is 26.3 Å². The lowest BCUT2D eigenvalue weighted by Crippen LogP contribution is -2.26. The number of nitrogens with zero attached hydrogens (tertiary/aromatic N) is 2. The Hall–Kier alpha value is -1.58. The summed E-state index contributed by atoms with van der Waals surface area (Å²) in [6.07, 6.45) is 0. The van der Waals surface area contributed by atoms with E-state index in [1.165, 1.54) is 0 Å². The average molecular weight is 264 g/mol. The van der Waals surface area contributed by atoms with Crippen LogP contribution in [0.4, 0.5) is 10.1 Å². The zero-order valence-electron chi connectivity index (χ0n) is 8.95. The monoisotopic (exact) mass is 264 g/mol. The van der Waals surface area contributed by atoms with Crippen LogP contribution in [0.3, 0.4) is 0 Å². The first kappa shape index (κ1) is 13.5. The van der Waals surface area contributed by atoms with E-state index in [0.29, 0.717) is 10.5 Å². The maximum atomic E-state index is 12.8. The van der Waals surface area contributed by atoms with Crippen molar-refractivity contribution in [2.45, 2.75) is 4.90 Å². The highest BCUT2D eigenvalue weighted by molar-refractivity contribution is 7.89. The van der Waals surface area contributed by atoms with Gasteiger partial charge in [-0.25, -0.2) is 12.8 Å². The van der Waals surface area contributed by atoms with Crippen molar-refractivity contribution < 1.29 is 22.6 Å². The van der Waals surface area contributed by atoms with Crippen LogP contribution in [-0.4, -0.2) is 32.0 Å². The molecule has 0 saturated heterocycles. The molecule has 1 rings (SSSR count). The smallest absolute Gasteiger partial charge is 0.288 e. The van der Waals surface area contributed by atoms with Crippen molar-refractivity contribution in [3.63, 3.8) is 0 Å². The maximum absolute atomic E-state index is 12.8. The van der Waals surface area contributed by atoms with Crippen LogP contribution in [-0.2, 0) is 14.9 Å². The largest absolute Gasteiger partial charge is 0.292 e. The second kappa shape index (κ2) is 4.73. The molecule has 0 N–H and O–H groups in total. The Balaban J connectivity index is 3.47. The number of rotatable bonds is 4. The second-order valence-corrected chi connectivity index (χ2v) is 4.87. The third-order valence-corrected chi connectivity index (χ3v) is 3.72. The zero-order valence-corrected chi connectivity index (χ0v) is 9.77. The average Bonchev–Trinajstić information content (AvgIpc) is 2.27. The summed E-state index contributed by atoms with van der Waals surface area (Å²) in [7, 11) is -2.02. The Labute approximate surface area is 96.6 Å². The highest BCUT2D eigenvalue weighted by Crippen LogP contribution is 2.26. The molecule has 0 aliphatic heterocycles. The number of nitro groups is 1. The van der Waals surface area contributed by atoms with Crippen molar-refractivity contribution >= 4 is 15.7 Å². The fourth-order valence-electron chi connectivity index (χ4n) is 1.09. The van der Waals surface area contributed by atoms with Gasteiger partial charge in [-0.15, -0.1) is 0 Å². The Kier molecular flexibility index (Phi) is 3.76. The van der Waals surface area contributed by atoms with E-state index in [4.69, 9.17) is 0 Å². The molecule has 0 heterocycles. The summed E-state index contributed by atoms with van der Waals surface area (Å²) in [5.41, 5.74) is -0.839. The molecular formula is C8H9FN2O5S. The van der Waals surface area contributed by atoms with Gasteiger partial charge in [-0.1, -0.05) is 4.47 Å². The van der Waals surface area contributed by atoms with Crippen molar-refractivity contribution in [1.82, 2.24) is 4.47 Å². The minimum atomic E-state index is -4.18. The summed E-state index contributed by atoms with van der Waals surface area (Å²) in [5, 5.41) is 10.6. The third-order valence-electron chi connectivity index (χ3n) is 1.99. The van der Waals surface area contributed by atoms with Gasteiger partial charge in [0.1, 0.15) is 5.82 Å². The van der Waals surface area contributed by atoms with Crippen molar-refractivity contribution in [1.29, 1.82) is 0 Å². The quantitative estimate of drug-likeness (QED) is 0.595. The van der Waals surface area contributed by atoms with Gasteiger partial charge in [0.15, 0.2) is 4.90 Å². The number of benzene rings is 1. The van der Waals surface area contributed by atoms with E-state index in [-0.39, 0.29) is 0 Å². The molecule has 9 heteroatoms. The van der Waals surface area contributed by atoms with Gasteiger partial charge in [0.25, 0.3) is 15.7 Å². The summed E-state index contributed by atoms with van der Waals surface area (Å²) >= 11 is 0. The van der Waals surface area contributed by atoms with Crippen molar-refractivity contribution in [2.24, 2.45) is 0 Å². The number of nitro benzene ring substituents is 1. The van der Waals surface area contributed by atoms with Crippen molar-refractivity contribution in [3.05, 3.63) is 34.1 Å². The molecule has 0 amide bonds. The van der Waals surface area contributed by atoms with Crippen LogP contribution in [0.2, 0.25) is 0 Å². The predicted octanol–water partition coefficient (Wildman–Crippen LogP) is 0.916. The zero-order chi connectivity index (χ0) is 13.2. The molecule has 17 heavy (non-hydrogen) atoms. The van der Waals surface area contributed by atoms with Gasteiger partial charge in [0.05, 0.1) is 18.1 Å². The first-order chi connectivity index (χ1) is 7.80. The highest BCUT2D eigenvalue weighted by atomic mass is 32.2. The lowest BCUT2D eigenvalue weighted by atomic mass is 10.3. The molecule has 0 unspecified atom stereocenters. The molecule has 7 nitrogen and oxygen atoms in total. The standard InChI is InChI=1S/C8H9FN2O5S/c1-10(16-2)17(14,15)8-4-3-6(9)5-7(8)11(12)13/h3-5H,1-2H3. The van der Waals surface area contributed by atoms with Crippen molar-refractivity contribution in [3.8, 4) is 0 Å². The number of halogens is 1. The van der Waals surface area contributed by atoms with E-state index < -0.39 is 31.3 Å². The first-order valence-corrected chi connectivity index (χ1v) is 5.71. The SMILES string of the molecule is CON(C)S(=O)(=O)c1ccc(F)cc1[N+](=O)[O-]. The van der Waals surface area contributed by atoms with Gasteiger partial charge < -0.3 is 0 Å². The summed E-state index contributed by atoms with van der Waals surface area (Å²) < 4.78 is 36.8. The molecule has 1 aromatic carbocycles. The van der Waals surface area contributed by atoms with E-state index in [9.17, 15) is 22.9 Å². The predicted molar refractivity (Wildman–Crippen MR) is 55.0 cm³/mol. The number of hydroxylamine groups is 1. The van der Waals surface area contributed by atoms with Crippen LogP contribution in [0.15, 0.2) is 23.1 Å². The molecular weight excluding hydrogens is 255 g/mol. The first-order valence-electron chi connectivity index (χ1n) is 4.27. The molecule has 0 radical (unpaired) electrons. The molecule has 94 valence electrons.